The van der Waals surface area contributed by atoms with Gasteiger partial charge in [-0.15, -0.1) is 11.3 Å². The predicted octanol–water partition coefficient (Wildman–Crippen LogP) is 2.10. The number of esters is 1. The molecule has 4 rings (SSSR count). The summed E-state index contributed by atoms with van der Waals surface area (Å²) >= 11 is 1.36. The van der Waals surface area contributed by atoms with E-state index in [0.717, 1.165) is 32.5 Å². The van der Waals surface area contributed by atoms with Crippen LogP contribution in [-0.4, -0.2) is 86.9 Å². The van der Waals surface area contributed by atoms with E-state index in [1.807, 2.05) is 12.1 Å². The van der Waals surface area contributed by atoms with E-state index in [9.17, 15) is 19.8 Å². The van der Waals surface area contributed by atoms with E-state index in [1.165, 1.54) is 16.9 Å². The van der Waals surface area contributed by atoms with Crippen molar-refractivity contribution >= 4 is 23.2 Å². The number of aliphatic hydroxyl groups is 2. The number of pyridine rings is 1. The molecule has 2 aromatic heterocycles. The molecule has 2 N–H and O–H groups in total. The van der Waals surface area contributed by atoms with Gasteiger partial charge in [0, 0.05) is 37.4 Å². The summed E-state index contributed by atoms with van der Waals surface area (Å²) in [5.74, 6) is -0.462. The van der Waals surface area contributed by atoms with Crippen molar-refractivity contribution in [3.63, 3.8) is 0 Å². The first-order valence-corrected chi connectivity index (χ1v) is 13.2. The van der Waals surface area contributed by atoms with E-state index in [0.29, 0.717) is 38.0 Å². The molecule has 2 aliphatic rings. The van der Waals surface area contributed by atoms with Crippen molar-refractivity contribution in [2.45, 2.75) is 57.3 Å². The Morgan fingerprint density at radius 1 is 1.09 bits per heavy atom. The lowest BCUT2D eigenvalue weighted by Gasteiger charge is -2.40. The van der Waals surface area contributed by atoms with E-state index in [4.69, 9.17) is 4.74 Å². The Hall–Kier alpha value is -2.40. The first kappa shape index (κ1) is 25.7. The number of carbonyl (C=O) groups excluding carboxylic acids is 2. The molecule has 2 saturated heterocycles. The molecule has 2 aliphatic heterocycles. The zero-order valence-electron chi connectivity index (χ0n) is 19.9. The summed E-state index contributed by atoms with van der Waals surface area (Å²) in [7, 11) is 0. The molecule has 10 heteroatoms. The maximum atomic E-state index is 13.2. The monoisotopic (exact) mass is 502 g/mol. The number of hydrogen-bond acceptors (Lipinski definition) is 9. The van der Waals surface area contributed by atoms with E-state index < -0.39 is 17.6 Å². The van der Waals surface area contributed by atoms with Crippen LogP contribution in [0.25, 0.3) is 0 Å². The van der Waals surface area contributed by atoms with Crippen molar-refractivity contribution in [1.82, 2.24) is 19.8 Å². The fourth-order valence-corrected chi connectivity index (χ4v) is 5.43. The Morgan fingerprint density at radius 2 is 1.86 bits per heavy atom. The van der Waals surface area contributed by atoms with Gasteiger partial charge in [-0.1, -0.05) is 6.42 Å². The summed E-state index contributed by atoms with van der Waals surface area (Å²) in [6, 6.07) is 4.01. The number of aromatic nitrogens is 2. The first-order chi connectivity index (χ1) is 17.0. The van der Waals surface area contributed by atoms with Crippen LogP contribution >= 0.6 is 11.3 Å². The van der Waals surface area contributed by atoms with Gasteiger partial charge in [0.05, 0.1) is 17.0 Å². The van der Waals surface area contributed by atoms with Gasteiger partial charge < -0.3 is 19.8 Å². The molecule has 2 fully saturated rings. The van der Waals surface area contributed by atoms with Gasteiger partial charge in [-0.2, -0.15) is 0 Å². The second-order valence-corrected chi connectivity index (χ2v) is 10.3. The summed E-state index contributed by atoms with van der Waals surface area (Å²) in [5, 5.41) is 22.5. The van der Waals surface area contributed by atoms with Crippen molar-refractivity contribution in [1.29, 1.82) is 0 Å². The number of cyclic esters (lactones) is 1. The summed E-state index contributed by atoms with van der Waals surface area (Å²) < 4.78 is 5.55. The van der Waals surface area contributed by atoms with Crippen molar-refractivity contribution in [3.05, 3.63) is 46.7 Å². The standard InChI is InChI=1S/C25H34N4O5S/c30-21-5-12-29(23(32)20-17-35-18-27-20)11-2-1-6-25(24(33)34-16-22(21)31)7-13-28(14-8-25)15-19-3-9-26-10-4-19/h3-4,9-10,17-18,21-22,30-31H,1-2,5-8,11-16H2/t21-,22+/m0/s1. The Kier molecular flexibility index (Phi) is 8.83. The lowest BCUT2D eigenvalue weighted by Crippen LogP contribution is -2.45. The predicted molar refractivity (Wildman–Crippen MR) is 131 cm³/mol. The minimum Gasteiger partial charge on any atom is -0.462 e. The number of hydrogen-bond donors (Lipinski definition) is 2. The molecule has 0 aromatic carbocycles. The molecule has 35 heavy (non-hydrogen) atoms. The Bertz CT molecular complexity index is 950. The van der Waals surface area contributed by atoms with Gasteiger partial charge in [-0.05, 0) is 62.9 Å². The number of amides is 1. The summed E-state index contributed by atoms with van der Waals surface area (Å²) in [4.78, 5) is 38.4. The largest absolute Gasteiger partial charge is 0.462 e. The van der Waals surface area contributed by atoms with Gasteiger partial charge in [0.25, 0.3) is 5.91 Å². The molecule has 4 heterocycles. The van der Waals surface area contributed by atoms with Crippen LogP contribution in [0, 0.1) is 5.41 Å². The minimum absolute atomic E-state index is 0.172. The summed E-state index contributed by atoms with van der Waals surface area (Å²) in [5.41, 5.74) is 2.60. The van der Waals surface area contributed by atoms with Gasteiger partial charge in [0.2, 0.25) is 0 Å². The zero-order chi connectivity index (χ0) is 24.7. The SMILES string of the molecule is O=C(c1cscn1)N1CCCCC2(CCN(Cc3ccncc3)CC2)C(=O)OC[C@@H](O)[C@@H](O)CC1. The molecule has 0 aliphatic carbocycles. The second kappa shape index (κ2) is 12.0. The number of carbonyl (C=O) groups is 2. The zero-order valence-corrected chi connectivity index (χ0v) is 20.7. The molecule has 1 amide bonds. The molecule has 0 unspecified atom stereocenters. The summed E-state index contributed by atoms with van der Waals surface area (Å²) in [6.45, 7) is 2.93. The van der Waals surface area contributed by atoms with Crippen LogP contribution in [0.5, 0.6) is 0 Å². The van der Waals surface area contributed by atoms with Gasteiger partial charge in [0.1, 0.15) is 18.4 Å². The van der Waals surface area contributed by atoms with Crippen molar-refractivity contribution in [2.24, 2.45) is 5.41 Å². The average molecular weight is 503 g/mol. The second-order valence-electron chi connectivity index (χ2n) is 9.56. The van der Waals surface area contributed by atoms with Gasteiger partial charge in [-0.25, -0.2) is 4.98 Å². The molecule has 0 radical (unpaired) electrons. The Morgan fingerprint density at radius 3 is 2.57 bits per heavy atom. The van der Waals surface area contributed by atoms with Crippen LogP contribution in [0.15, 0.2) is 35.4 Å². The Balaban J connectivity index is 1.42. The Labute approximate surface area is 209 Å². The van der Waals surface area contributed by atoms with Gasteiger partial charge in [0.15, 0.2) is 0 Å². The van der Waals surface area contributed by atoms with Gasteiger partial charge in [-0.3, -0.25) is 19.5 Å². The number of rotatable bonds is 3. The first-order valence-electron chi connectivity index (χ1n) is 12.3. The van der Waals surface area contributed by atoms with E-state index in [1.54, 1.807) is 28.2 Å². The molecule has 2 aromatic rings. The summed E-state index contributed by atoms with van der Waals surface area (Å²) in [6.07, 6.45) is 5.04. The highest BCUT2D eigenvalue weighted by Gasteiger charge is 2.42. The van der Waals surface area contributed by atoms with Crippen LogP contribution < -0.4 is 0 Å². The van der Waals surface area contributed by atoms with Crippen LogP contribution in [0.4, 0.5) is 0 Å². The highest BCUT2D eigenvalue weighted by molar-refractivity contribution is 7.07. The fourth-order valence-electron chi connectivity index (χ4n) is 4.91. The molecule has 1 spiro atoms. The molecular weight excluding hydrogens is 468 g/mol. The van der Waals surface area contributed by atoms with Crippen LogP contribution in [0.2, 0.25) is 0 Å². The average Bonchev–Trinajstić information content (AvgIpc) is 3.42. The lowest BCUT2D eigenvalue weighted by molar-refractivity contribution is -0.165. The smallest absolute Gasteiger partial charge is 0.312 e. The quantitative estimate of drug-likeness (QED) is 0.613. The molecule has 190 valence electrons. The maximum absolute atomic E-state index is 13.2. The fraction of sp³-hybridized carbons (Fsp3) is 0.600. The molecule has 0 bridgehead atoms. The van der Waals surface area contributed by atoms with Crippen molar-refractivity contribution in [3.8, 4) is 0 Å². The number of ether oxygens (including phenoxy) is 1. The third kappa shape index (κ3) is 6.63. The van der Waals surface area contributed by atoms with E-state index in [-0.39, 0.29) is 24.9 Å². The van der Waals surface area contributed by atoms with E-state index >= 15 is 0 Å². The minimum atomic E-state index is -1.19. The van der Waals surface area contributed by atoms with Crippen LogP contribution in [-0.2, 0) is 16.1 Å². The van der Waals surface area contributed by atoms with Crippen LogP contribution in [0.1, 0.15) is 54.6 Å². The topological polar surface area (TPSA) is 116 Å². The highest BCUT2D eigenvalue weighted by Crippen LogP contribution is 2.38. The van der Waals surface area contributed by atoms with Crippen molar-refractivity contribution in [2.75, 3.05) is 32.8 Å². The number of aliphatic hydroxyl groups excluding tert-OH is 2. The molecule has 2 atom stereocenters. The number of piperidine rings is 1. The third-order valence-corrected chi connectivity index (χ3v) is 7.78. The lowest BCUT2D eigenvalue weighted by atomic mass is 9.74. The van der Waals surface area contributed by atoms with Crippen LogP contribution in [0.3, 0.4) is 0 Å². The normalized spacial score (nSPS) is 24.7. The number of thiazole rings is 1. The van der Waals surface area contributed by atoms with Crippen molar-refractivity contribution < 1.29 is 24.5 Å². The highest BCUT2D eigenvalue weighted by atomic mass is 32.1. The molecule has 9 nitrogen and oxygen atoms in total. The van der Waals surface area contributed by atoms with Gasteiger partial charge >= 0.3 is 5.97 Å². The van der Waals surface area contributed by atoms with E-state index in [2.05, 4.69) is 14.9 Å². The number of likely N-dealkylation sites (tertiary alicyclic amines) is 1. The number of nitrogens with zero attached hydrogens (tertiary/aromatic N) is 4. The molecule has 0 saturated carbocycles. The third-order valence-electron chi connectivity index (χ3n) is 7.20. The maximum Gasteiger partial charge on any atom is 0.312 e. The molecular formula is C25H34N4O5S.